The van der Waals surface area contributed by atoms with Crippen molar-refractivity contribution >= 4 is 0 Å². The lowest BCUT2D eigenvalue weighted by molar-refractivity contribution is 0.231. The third-order valence-electron chi connectivity index (χ3n) is 2.86. The minimum absolute atomic E-state index is 0.135. The van der Waals surface area contributed by atoms with Crippen molar-refractivity contribution in [2.45, 2.75) is 53.2 Å². The minimum atomic E-state index is 0.135. The summed E-state index contributed by atoms with van der Waals surface area (Å²) in [6, 6.07) is 2.30. The Kier molecular flexibility index (Phi) is 5.08. The van der Waals surface area contributed by atoms with Crippen LogP contribution in [0.3, 0.4) is 0 Å². The van der Waals surface area contributed by atoms with E-state index in [0.29, 0.717) is 11.9 Å². The zero-order valence-corrected chi connectivity index (χ0v) is 12.3. The van der Waals surface area contributed by atoms with Gasteiger partial charge in [-0.15, -0.1) is 0 Å². The molecule has 0 saturated carbocycles. The number of aromatic nitrogens is 2. The Morgan fingerprint density at radius 3 is 2.44 bits per heavy atom. The molecule has 4 nitrogen and oxygen atoms in total. The standard InChI is InChI=1S/C14H25N3O/c1-10(2)18-13-8-11(16-9-17-13)7-12(15-6)14(3,4)5/h8-10,12,15H,7H2,1-6H3. The maximum Gasteiger partial charge on any atom is 0.216 e. The molecule has 102 valence electrons. The second kappa shape index (κ2) is 6.14. The monoisotopic (exact) mass is 251 g/mol. The summed E-state index contributed by atoms with van der Waals surface area (Å²) in [6.07, 6.45) is 2.58. The first-order valence-electron chi connectivity index (χ1n) is 6.47. The SMILES string of the molecule is CNC(Cc1cc(OC(C)C)ncn1)C(C)(C)C. The summed E-state index contributed by atoms with van der Waals surface area (Å²) in [5, 5.41) is 3.35. The molecule has 18 heavy (non-hydrogen) atoms. The number of hydrogen-bond donors (Lipinski definition) is 1. The Hall–Kier alpha value is -1.16. The van der Waals surface area contributed by atoms with Crippen LogP contribution in [0, 0.1) is 5.41 Å². The van der Waals surface area contributed by atoms with Gasteiger partial charge in [0.1, 0.15) is 6.33 Å². The van der Waals surface area contributed by atoms with Crippen LogP contribution in [-0.4, -0.2) is 29.2 Å². The Morgan fingerprint density at radius 2 is 1.94 bits per heavy atom. The summed E-state index contributed by atoms with van der Waals surface area (Å²) in [5.74, 6) is 0.652. The first kappa shape index (κ1) is 14.9. The smallest absolute Gasteiger partial charge is 0.216 e. The normalized spacial score (nSPS) is 13.7. The number of rotatable bonds is 5. The van der Waals surface area contributed by atoms with E-state index in [1.807, 2.05) is 27.0 Å². The molecule has 0 aliphatic rings. The molecule has 1 N–H and O–H groups in total. The van der Waals surface area contributed by atoms with Gasteiger partial charge in [0, 0.05) is 24.2 Å². The molecule has 0 amide bonds. The first-order chi connectivity index (χ1) is 8.32. The van der Waals surface area contributed by atoms with Gasteiger partial charge in [-0.05, 0) is 26.3 Å². The van der Waals surface area contributed by atoms with Gasteiger partial charge < -0.3 is 10.1 Å². The van der Waals surface area contributed by atoms with Gasteiger partial charge in [-0.3, -0.25) is 0 Å². The molecular weight excluding hydrogens is 226 g/mol. The molecule has 1 heterocycles. The van der Waals surface area contributed by atoms with Crippen molar-refractivity contribution in [1.29, 1.82) is 0 Å². The van der Waals surface area contributed by atoms with Crippen molar-refractivity contribution in [1.82, 2.24) is 15.3 Å². The van der Waals surface area contributed by atoms with Crippen LogP contribution >= 0.6 is 0 Å². The predicted molar refractivity (Wildman–Crippen MR) is 73.8 cm³/mol. The molecule has 0 spiro atoms. The lowest BCUT2D eigenvalue weighted by atomic mass is 9.84. The Labute approximate surface area is 110 Å². The van der Waals surface area contributed by atoms with Crippen LogP contribution in [0.4, 0.5) is 0 Å². The molecular formula is C14H25N3O. The number of hydrogen-bond acceptors (Lipinski definition) is 4. The Bertz CT molecular complexity index is 372. The van der Waals surface area contributed by atoms with Crippen LogP contribution < -0.4 is 10.1 Å². The van der Waals surface area contributed by atoms with Crippen molar-refractivity contribution in [3.05, 3.63) is 18.1 Å². The average Bonchev–Trinajstić information content (AvgIpc) is 2.23. The minimum Gasteiger partial charge on any atom is -0.475 e. The summed E-state index contributed by atoms with van der Waals surface area (Å²) < 4.78 is 5.58. The molecule has 1 atom stereocenters. The molecule has 0 aromatic carbocycles. The highest BCUT2D eigenvalue weighted by atomic mass is 16.5. The molecule has 1 rings (SSSR count). The van der Waals surface area contributed by atoms with Gasteiger partial charge >= 0.3 is 0 Å². The van der Waals surface area contributed by atoms with E-state index in [0.717, 1.165) is 12.1 Å². The lowest BCUT2D eigenvalue weighted by Gasteiger charge is -2.30. The largest absolute Gasteiger partial charge is 0.475 e. The second-order valence-corrected chi connectivity index (χ2v) is 5.93. The van der Waals surface area contributed by atoms with E-state index < -0.39 is 0 Å². The summed E-state index contributed by atoms with van der Waals surface area (Å²) in [4.78, 5) is 8.44. The zero-order chi connectivity index (χ0) is 13.8. The molecule has 1 aromatic heterocycles. The van der Waals surface area contributed by atoms with E-state index in [2.05, 4.69) is 36.1 Å². The predicted octanol–water partition coefficient (Wildman–Crippen LogP) is 2.44. The summed E-state index contributed by atoms with van der Waals surface area (Å²) in [5.41, 5.74) is 1.20. The van der Waals surface area contributed by atoms with Crippen molar-refractivity contribution < 1.29 is 4.74 Å². The average molecular weight is 251 g/mol. The van der Waals surface area contributed by atoms with Gasteiger partial charge in [-0.25, -0.2) is 9.97 Å². The fourth-order valence-electron chi connectivity index (χ4n) is 1.84. The maximum absolute atomic E-state index is 5.58. The molecule has 0 fully saturated rings. The number of nitrogens with one attached hydrogen (secondary N) is 1. The van der Waals surface area contributed by atoms with Gasteiger partial charge in [0.05, 0.1) is 6.10 Å². The van der Waals surface area contributed by atoms with E-state index in [1.54, 1.807) is 6.33 Å². The van der Waals surface area contributed by atoms with Crippen LogP contribution in [0.25, 0.3) is 0 Å². The lowest BCUT2D eigenvalue weighted by Crippen LogP contribution is -2.40. The van der Waals surface area contributed by atoms with Gasteiger partial charge in [-0.2, -0.15) is 0 Å². The molecule has 4 heteroatoms. The topological polar surface area (TPSA) is 47.0 Å². The zero-order valence-electron chi connectivity index (χ0n) is 12.3. The van der Waals surface area contributed by atoms with Crippen molar-refractivity contribution in [3.63, 3.8) is 0 Å². The fraction of sp³-hybridized carbons (Fsp3) is 0.714. The molecule has 0 bridgehead atoms. The Balaban J connectivity index is 2.78. The molecule has 0 saturated heterocycles. The molecule has 1 unspecified atom stereocenters. The highest BCUT2D eigenvalue weighted by Gasteiger charge is 2.23. The third-order valence-corrected chi connectivity index (χ3v) is 2.86. The van der Waals surface area contributed by atoms with Crippen molar-refractivity contribution in [2.24, 2.45) is 5.41 Å². The first-order valence-corrected chi connectivity index (χ1v) is 6.47. The van der Waals surface area contributed by atoms with E-state index in [4.69, 9.17) is 4.74 Å². The molecule has 0 aliphatic heterocycles. The van der Waals surface area contributed by atoms with Crippen molar-refractivity contribution in [3.8, 4) is 5.88 Å². The van der Waals surface area contributed by atoms with E-state index in [1.165, 1.54) is 0 Å². The van der Waals surface area contributed by atoms with Gasteiger partial charge in [0.15, 0.2) is 0 Å². The highest BCUT2D eigenvalue weighted by Crippen LogP contribution is 2.22. The van der Waals surface area contributed by atoms with Crippen LogP contribution in [0.2, 0.25) is 0 Å². The molecule has 0 aliphatic carbocycles. The summed E-state index contributed by atoms with van der Waals surface area (Å²) >= 11 is 0. The number of ether oxygens (including phenoxy) is 1. The van der Waals surface area contributed by atoms with Crippen LogP contribution in [0.15, 0.2) is 12.4 Å². The summed E-state index contributed by atoms with van der Waals surface area (Å²) in [7, 11) is 1.99. The van der Waals surface area contributed by atoms with E-state index >= 15 is 0 Å². The van der Waals surface area contributed by atoms with Gasteiger partial charge in [-0.1, -0.05) is 20.8 Å². The van der Waals surface area contributed by atoms with Gasteiger partial charge in [0.2, 0.25) is 5.88 Å². The van der Waals surface area contributed by atoms with E-state index in [-0.39, 0.29) is 11.5 Å². The number of nitrogens with zero attached hydrogens (tertiary/aromatic N) is 2. The molecule has 1 aromatic rings. The van der Waals surface area contributed by atoms with Crippen molar-refractivity contribution in [2.75, 3.05) is 7.05 Å². The molecule has 0 radical (unpaired) electrons. The summed E-state index contributed by atoms with van der Waals surface area (Å²) in [6.45, 7) is 10.7. The van der Waals surface area contributed by atoms with Crippen LogP contribution in [0.5, 0.6) is 5.88 Å². The Morgan fingerprint density at radius 1 is 1.28 bits per heavy atom. The number of likely N-dealkylation sites (N-methyl/N-ethyl adjacent to an activating group) is 1. The second-order valence-electron chi connectivity index (χ2n) is 5.93. The third kappa shape index (κ3) is 4.61. The highest BCUT2D eigenvalue weighted by molar-refractivity contribution is 5.15. The van der Waals surface area contributed by atoms with Crippen LogP contribution in [0.1, 0.15) is 40.3 Å². The maximum atomic E-state index is 5.58. The van der Waals surface area contributed by atoms with Crippen LogP contribution in [-0.2, 0) is 6.42 Å². The van der Waals surface area contributed by atoms with E-state index in [9.17, 15) is 0 Å². The van der Waals surface area contributed by atoms with Gasteiger partial charge in [0.25, 0.3) is 0 Å². The quantitative estimate of drug-likeness (QED) is 0.873. The fourth-order valence-corrected chi connectivity index (χ4v) is 1.84.